The van der Waals surface area contributed by atoms with Gasteiger partial charge in [0, 0.05) is 12.6 Å². The highest BCUT2D eigenvalue weighted by molar-refractivity contribution is 7.92. The summed E-state index contributed by atoms with van der Waals surface area (Å²) in [7, 11) is -2.62. The number of carbonyl (C=O) groups is 2. The first-order chi connectivity index (χ1) is 19.3. The normalized spacial score (nSPS) is 14.3. The molecule has 3 aromatic rings. The maximum absolute atomic E-state index is 14.1. The minimum absolute atomic E-state index is 0.0329. The second-order valence-corrected chi connectivity index (χ2v) is 11.8. The molecular formula is C31H37N3O5S. The summed E-state index contributed by atoms with van der Waals surface area (Å²) in [5.74, 6) is -0.143. The number of para-hydroxylation sites is 1. The highest BCUT2D eigenvalue weighted by atomic mass is 32.2. The third kappa shape index (κ3) is 7.01. The van der Waals surface area contributed by atoms with Crippen LogP contribution < -0.4 is 14.4 Å². The van der Waals surface area contributed by atoms with E-state index in [1.807, 2.05) is 37.3 Å². The number of nitrogens with zero attached hydrogens (tertiary/aromatic N) is 2. The predicted molar refractivity (Wildman–Crippen MR) is 155 cm³/mol. The summed E-state index contributed by atoms with van der Waals surface area (Å²) in [5, 5.41) is 3.13. The van der Waals surface area contributed by atoms with Crippen LogP contribution in [0.3, 0.4) is 0 Å². The van der Waals surface area contributed by atoms with Crippen molar-refractivity contribution in [3.05, 3.63) is 90.5 Å². The second-order valence-electron chi connectivity index (χ2n) is 9.94. The summed E-state index contributed by atoms with van der Waals surface area (Å²) in [5.41, 5.74) is 1.21. The molecule has 1 aliphatic carbocycles. The Balaban J connectivity index is 1.68. The third-order valence-corrected chi connectivity index (χ3v) is 9.04. The van der Waals surface area contributed by atoms with Crippen molar-refractivity contribution in [1.82, 2.24) is 10.2 Å². The van der Waals surface area contributed by atoms with Crippen LogP contribution in [0.1, 0.15) is 44.6 Å². The average molecular weight is 564 g/mol. The van der Waals surface area contributed by atoms with Gasteiger partial charge in [-0.25, -0.2) is 8.42 Å². The van der Waals surface area contributed by atoms with Gasteiger partial charge in [-0.05, 0) is 61.2 Å². The van der Waals surface area contributed by atoms with Crippen LogP contribution in [0.4, 0.5) is 5.69 Å². The molecular weight excluding hydrogens is 526 g/mol. The van der Waals surface area contributed by atoms with Crippen molar-refractivity contribution >= 4 is 27.5 Å². The first-order valence-electron chi connectivity index (χ1n) is 13.7. The number of ether oxygens (including phenoxy) is 1. The predicted octanol–water partition coefficient (Wildman–Crippen LogP) is 4.76. The number of nitrogens with one attached hydrogen (secondary N) is 1. The zero-order valence-electron chi connectivity index (χ0n) is 23.0. The van der Waals surface area contributed by atoms with Crippen molar-refractivity contribution in [2.45, 2.75) is 62.6 Å². The van der Waals surface area contributed by atoms with Crippen LogP contribution in [-0.2, 0) is 26.2 Å². The molecule has 0 aromatic heterocycles. The Kier molecular flexibility index (Phi) is 9.82. The molecule has 3 aromatic carbocycles. The molecule has 1 fully saturated rings. The largest absolute Gasteiger partial charge is 0.497 e. The van der Waals surface area contributed by atoms with Crippen molar-refractivity contribution < 1.29 is 22.7 Å². The number of amides is 2. The zero-order valence-corrected chi connectivity index (χ0v) is 23.8. The lowest BCUT2D eigenvalue weighted by Gasteiger charge is -2.33. The molecule has 0 heterocycles. The summed E-state index contributed by atoms with van der Waals surface area (Å²) in [6, 6.07) is 23.4. The number of hydrogen-bond acceptors (Lipinski definition) is 5. The van der Waals surface area contributed by atoms with Gasteiger partial charge in [-0.3, -0.25) is 13.9 Å². The van der Waals surface area contributed by atoms with Crippen LogP contribution in [0.2, 0.25) is 0 Å². The van der Waals surface area contributed by atoms with Crippen molar-refractivity contribution in [1.29, 1.82) is 0 Å². The molecule has 1 atom stereocenters. The molecule has 2 amide bonds. The van der Waals surface area contributed by atoms with E-state index in [-0.39, 0.29) is 23.4 Å². The van der Waals surface area contributed by atoms with E-state index in [0.717, 1.165) is 35.6 Å². The van der Waals surface area contributed by atoms with Crippen molar-refractivity contribution in [3.63, 3.8) is 0 Å². The zero-order chi connectivity index (χ0) is 28.5. The molecule has 212 valence electrons. The number of anilines is 1. The fourth-order valence-electron chi connectivity index (χ4n) is 5.07. The quantitative estimate of drug-likeness (QED) is 0.343. The molecule has 0 bridgehead atoms. The Morgan fingerprint density at radius 2 is 1.52 bits per heavy atom. The lowest BCUT2D eigenvalue weighted by molar-refractivity contribution is -0.140. The molecule has 1 N–H and O–H groups in total. The summed E-state index contributed by atoms with van der Waals surface area (Å²) in [6.45, 7) is 1.59. The Labute approximate surface area is 237 Å². The van der Waals surface area contributed by atoms with Crippen molar-refractivity contribution in [3.8, 4) is 5.75 Å². The van der Waals surface area contributed by atoms with Gasteiger partial charge >= 0.3 is 0 Å². The van der Waals surface area contributed by atoms with Gasteiger partial charge in [0.05, 0.1) is 17.7 Å². The standard InChI is InChI=1S/C31H37N3O5S/c1-3-29(31(36)32-25-14-10-11-15-25)33(22-24-12-6-4-7-13-24)30(35)23-34(26-16-8-5-9-17-26)40(37,38)28-20-18-27(39-2)19-21-28/h4-9,12-13,16-21,25,29H,3,10-11,14-15,22-23H2,1-2H3,(H,32,36)/t29-/m0/s1. The molecule has 4 rings (SSSR count). The summed E-state index contributed by atoms with van der Waals surface area (Å²) >= 11 is 0. The fraction of sp³-hybridized carbons (Fsp3) is 0.355. The molecule has 0 saturated heterocycles. The maximum Gasteiger partial charge on any atom is 0.264 e. The number of carbonyl (C=O) groups excluding carboxylic acids is 2. The molecule has 0 spiro atoms. The molecule has 1 aliphatic rings. The molecule has 0 radical (unpaired) electrons. The van der Waals surface area contributed by atoms with Gasteiger partial charge in [-0.2, -0.15) is 0 Å². The van der Waals surface area contributed by atoms with Gasteiger partial charge in [-0.15, -0.1) is 0 Å². The van der Waals surface area contributed by atoms with Crippen LogP contribution in [-0.4, -0.2) is 50.9 Å². The van der Waals surface area contributed by atoms with E-state index in [0.29, 0.717) is 17.9 Å². The minimum atomic E-state index is -4.12. The van der Waals surface area contributed by atoms with Gasteiger partial charge in [-0.1, -0.05) is 68.3 Å². The molecule has 1 saturated carbocycles. The van der Waals surface area contributed by atoms with E-state index in [4.69, 9.17) is 4.74 Å². The number of benzene rings is 3. The highest BCUT2D eigenvalue weighted by Crippen LogP contribution is 2.26. The Bertz CT molecular complexity index is 1360. The van der Waals surface area contributed by atoms with Gasteiger partial charge in [0.25, 0.3) is 10.0 Å². The SMILES string of the molecule is CC[C@@H](C(=O)NC1CCCC1)N(Cc1ccccc1)C(=O)CN(c1ccccc1)S(=O)(=O)c1ccc(OC)cc1. The van der Waals surface area contributed by atoms with E-state index in [1.54, 1.807) is 42.5 Å². The summed E-state index contributed by atoms with van der Waals surface area (Å²) in [4.78, 5) is 29.1. The van der Waals surface area contributed by atoms with Crippen molar-refractivity contribution in [2.75, 3.05) is 18.0 Å². The van der Waals surface area contributed by atoms with Crippen LogP contribution in [0.15, 0.2) is 89.8 Å². The van der Waals surface area contributed by atoms with Crippen LogP contribution in [0, 0.1) is 0 Å². The highest BCUT2D eigenvalue weighted by Gasteiger charge is 2.34. The van der Waals surface area contributed by atoms with Crippen molar-refractivity contribution in [2.24, 2.45) is 0 Å². The Morgan fingerprint density at radius 3 is 2.10 bits per heavy atom. The molecule has 0 aliphatic heterocycles. The topological polar surface area (TPSA) is 96.0 Å². The van der Waals surface area contributed by atoms with Gasteiger partial charge < -0.3 is 15.0 Å². The smallest absolute Gasteiger partial charge is 0.264 e. The number of hydrogen-bond donors (Lipinski definition) is 1. The molecule has 8 nitrogen and oxygen atoms in total. The lowest BCUT2D eigenvalue weighted by atomic mass is 10.1. The van der Waals surface area contributed by atoms with Gasteiger partial charge in [0.2, 0.25) is 11.8 Å². The second kappa shape index (κ2) is 13.5. The van der Waals surface area contributed by atoms with E-state index < -0.39 is 28.5 Å². The minimum Gasteiger partial charge on any atom is -0.497 e. The number of methoxy groups -OCH3 is 1. The third-order valence-electron chi connectivity index (χ3n) is 7.25. The van der Waals surface area contributed by atoms with E-state index in [2.05, 4.69) is 5.32 Å². The molecule has 0 unspecified atom stereocenters. The Hall–Kier alpha value is -3.85. The van der Waals surface area contributed by atoms with Crippen LogP contribution in [0.5, 0.6) is 5.75 Å². The summed E-state index contributed by atoms with van der Waals surface area (Å²) < 4.78 is 34.1. The van der Waals surface area contributed by atoms with E-state index in [1.165, 1.54) is 24.1 Å². The van der Waals surface area contributed by atoms with Gasteiger partial charge in [0.15, 0.2) is 0 Å². The maximum atomic E-state index is 14.1. The Morgan fingerprint density at radius 1 is 0.925 bits per heavy atom. The first-order valence-corrected chi connectivity index (χ1v) is 15.1. The number of sulfonamides is 1. The fourth-order valence-corrected chi connectivity index (χ4v) is 6.48. The number of rotatable bonds is 12. The van der Waals surface area contributed by atoms with E-state index in [9.17, 15) is 18.0 Å². The monoisotopic (exact) mass is 563 g/mol. The molecule has 9 heteroatoms. The first kappa shape index (κ1) is 29.1. The van der Waals surface area contributed by atoms with Gasteiger partial charge in [0.1, 0.15) is 18.3 Å². The summed E-state index contributed by atoms with van der Waals surface area (Å²) in [6.07, 6.45) is 4.40. The van der Waals surface area contributed by atoms with E-state index >= 15 is 0 Å². The van der Waals surface area contributed by atoms with Crippen LogP contribution >= 0.6 is 0 Å². The average Bonchev–Trinajstić information content (AvgIpc) is 3.49. The molecule has 40 heavy (non-hydrogen) atoms. The van der Waals surface area contributed by atoms with Crippen LogP contribution in [0.25, 0.3) is 0 Å². The lowest BCUT2D eigenvalue weighted by Crippen LogP contribution is -2.53.